The van der Waals surface area contributed by atoms with E-state index < -0.39 is 8.07 Å². The molecule has 0 amide bonds. The third-order valence-corrected chi connectivity index (χ3v) is 6.47. The van der Waals surface area contributed by atoms with Crippen LogP contribution in [-0.2, 0) is 11.2 Å². The number of nitrogens with zero attached hydrogens (tertiary/aromatic N) is 1. The molecule has 3 heteroatoms. The Morgan fingerprint density at radius 3 is 2.67 bits per heavy atom. The molecule has 2 rings (SSSR count). The van der Waals surface area contributed by atoms with Crippen LogP contribution < -0.4 is 4.48 Å². The van der Waals surface area contributed by atoms with Gasteiger partial charge in [-0.2, -0.15) is 0 Å². The van der Waals surface area contributed by atoms with Crippen molar-refractivity contribution in [2.45, 2.75) is 44.9 Å². The van der Waals surface area contributed by atoms with Crippen molar-refractivity contribution in [2.75, 3.05) is 33.4 Å². The highest BCUT2D eigenvalue weighted by molar-refractivity contribution is 6.76. The lowest BCUT2D eigenvalue weighted by Crippen LogP contribution is -2.50. The second kappa shape index (κ2) is 7.08. The SMILES string of the molecule is C[N+]1(CCOCCC[Si](C)(C)C)CCCc2ccccc21. The zero-order valence-corrected chi connectivity index (χ0v) is 15.3. The summed E-state index contributed by atoms with van der Waals surface area (Å²) < 4.78 is 6.96. The molecule has 0 N–H and O–H groups in total. The molecule has 0 saturated heterocycles. The summed E-state index contributed by atoms with van der Waals surface area (Å²) in [5.74, 6) is 0. The fraction of sp³-hybridized carbons (Fsp3) is 0.667. The number of ether oxygens (including phenoxy) is 1. The van der Waals surface area contributed by atoms with Gasteiger partial charge < -0.3 is 4.74 Å². The third-order valence-electron chi connectivity index (χ3n) is 4.62. The summed E-state index contributed by atoms with van der Waals surface area (Å²) in [6.45, 7) is 11.5. The minimum atomic E-state index is -0.896. The van der Waals surface area contributed by atoms with Crippen molar-refractivity contribution in [2.24, 2.45) is 0 Å². The number of quaternary nitrogens is 1. The first-order chi connectivity index (χ1) is 9.91. The van der Waals surface area contributed by atoms with Gasteiger partial charge in [-0.1, -0.05) is 43.9 Å². The maximum absolute atomic E-state index is 5.92. The van der Waals surface area contributed by atoms with E-state index in [2.05, 4.69) is 51.0 Å². The molecule has 1 atom stereocenters. The number of para-hydroxylation sites is 1. The average Bonchev–Trinajstić information content (AvgIpc) is 2.42. The molecular weight excluding hydrogens is 274 g/mol. The van der Waals surface area contributed by atoms with Crippen LogP contribution in [0.25, 0.3) is 0 Å². The average molecular weight is 307 g/mol. The van der Waals surface area contributed by atoms with Crippen LogP contribution >= 0.6 is 0 Å². The van der Waals surface area contributed by atoms with Crippen LogP contribution in [0.3, 0.4) is 0 Å². The van der Waals surface area contributed by atoms with Gasteiger partial charge in [0.25, 0.3) is 0 Å². The van der Waals surface area contributed by atoms with Crippen molar-refractivity contribution < 1.29 is 4.74 Å². The lowest BCUT2D eigenvalue weighted by molar-refractivity contribution is 0.111. The van der Waals surface area contributed by atoms with Crippen LogP contribution in [0.1, 0.15) is 18.4 Å². The van der Waals surface area contributed by atoms with Crippen LogP contribution in [0.5, 0.6) is 0 Å². The molecule has 0 saturated carbocycles. The number of aryl methyl sites for hydroxylation is 1. The first-order valence-corrected chi connectivity index (χ1v) is 12.1. The number of rotatable bonds is 7. The normalized spacial score (nSPS) is 22.1. The fourth-order valence-electron chi connectivity index (χ4n) is 3.29. The molecule has 118 valence electrons. The van der Waals surface area contributed by atoms with E-state index >= 15 is 0 Å². The van der Waals surface area contributed by atoms with Crippen LogP contribution in [0.2, 0.25) is 25.7 Å². The van der Waals surface area contributed by atoms with Crippen LogP contribution in [-0.4, -0.2) is 41.4 Å². The highest BCUT2D eigenvalue weighted by atomic mass is 28.3. The standard InChI is InChI=1S/C18H32NOSi/c1-19(13-15-20-14-8-16-21(2,3)4)12-7-10-17-9-5-6-11-18(17)19/h5-6,9,11H,7-8,10,12-16H2,1-4H3/q+1. The molecule has 0 aliphatic carbocycles. The predicted octanol–water partition coefficient (Wildman–Crippen LogP) is 4.31. The number of hydrogen-bond donors (Lipinski definition) is 0. The maximum atomic E-state index is 5.92. The number of fused-ring (bicyclic) bond motifs is 1. The Kier molecular flexibility index (Phi) is 5.64. The van der Waals surface area contributed by atoms with Crippen molar-refractivity contribution >= 4 is 13.8 Å². The Morgan fingerprint density at radius 2 is 1.90 bits per heavy atom. The summed E-state index contributed by atoms with van der Waals surface area (Å²) in [7, 11) is 1.47. The lowest BCUT2D eigenvalue weighted by atomic mass is 10.00. The van der Waals surface area contributed by atoms with E-state index in [1.54, 1.807) is 0 Å². The Balaban J connectivity index is 1.78. The first-order valence-electron chi connectivity index (χ1n) is 8.42. The molecule has 1 aromatic carbocycles. The van der Waals surface area contributed by atoms with Gasteiger partial charge in [-0.3, -0.25) is 4.48 Å². The Hall–Kier alpha value is -0.643. The van der Waals surface area contributed by atoms with Gasteiger partial charge in [-0.25, -0.2) is 0 Å². The lowest BCUT2D eigenvalue weighted by Gasteiger charge is -2.38. The molecule has 1 heterocycles. The molecule has 0 fully saturated rings. The molecule has 2 nitrogen and oxygen atoms in total. The van der Waals surface area contributed by atoms with Crippen molar-refractivity contribution in [3.8, 4) is 0 Å². The zero-order valence-electron chi connectivity index (χ0n) is 14.3. The third kappa shape index (κ3) is 4.94. The van der Waals surface area contributed by atoms with E-state index in [0.717, 1.165) is 24.2 Å². The van der Waals surface area contributed by atoms with Gasteiger partial charge >= 0.3 is 0 Å². The summed E-state index contributed by atoms with van der Waals surface area (Å²) in [5, 5.41) is 0. The number of hydrogen-bond acceptors (Lipinski definition) is 1. The summed E-state index contributed by atoms with van der Waals surface area (Å²) >= 11 is 0. The van der Waals surface area contributed by atoms with Crippen molar-refractivity contribution in [3.05, 3.63) is 29.8 Å². The summed E-state index contributed by atoms with van der Waals surface area (Å²) in [4.78, 5) is 0. The van der Waals surface area contributed by atoms with Crippen molar-refractivity contribution in [3.63, 3.8) is 0 Å². The molecule has 21 heavy (non-hydrogen) atoms. The monoisotopic (exact) mass is 306 g/mol. The second-order valence-electron chi connectivity index (χ2n) is 7.85. The van der Waals surface area contributed by atoms with Crippen LogP contribution in [0, 0.1) is 0 Å². The summed E-state index contributed by atoms with van der Waals surface area (Å²) in [6, 6.07) is 10.3. The largest absolute Gasteiger partial charge is 0.376 e. The number of benzene rings is 1. The highest BCUT2D eigenvalue weighted by Gasteiger charge is 2.30. The smallest absolute Gasteiger partial charge is 0.135 e. The Labute approximate surface area is 131 Å². The minimum absolute atomic E-state index is 0.885. The summed E-state index contributed by atoms with van der Waals surface area (Å²) in [6.07, 6.45) is 3.76. The molecule has 1 aliphatic rings. The summed E-state index contributed by atoms with van der Waals surface area (Å²) in [5.41, 5.74) is 3.04. The number of likely N-dealkylation sites (N-methyl/N-ethyl adjacent to an activating group) is 1. The molecule has 1 aromatic rings. The van der Waals surface area contributed by atoms with Gasteiger partial charge in [0.2, 0.25) is 0 Å². The molecular formula is C18H32NOSi+. The molecule has 0 aromatic heterocycles. The van der Waals surface area contributed by atoms with E-state index in [0.29, 0.717) is 0 Å². The fourth-order valence-corrected chi connectivity index (χ4v) is 4.50. The van der Waals surface area contributed by atoms with Gasteiger partial charge in [-0.05, 0) is 18.9 Å². The van der Waals surface area contributed by atoms with E-state index in [1.165, 1.54) is 43.1 Å². The maximum Gasteiger partial charge on any atom is 0.135 e. The van der Waals surface area contributed by atoms with E-state index in [-0.39, 0.29) is 0 Å². The van der Waals surface area contributed by atoms with Crippen molar-refractivity contribution in [1.82, 2.24) is 4.48 Å². The zero-order chi connectivity index (χ0) is 15.3. The molecule has 1 unspecified atom stereocenters. The Bertz CT molecular complexity index is 455. The van der Waals surface area contributed by atoms with Gasteiger partial charge in [-0.15, -0.1) is 0 Å². The van der Waals surface area contributed by atoms with E-state index in [4.69, 9.17) is 4.74 Å². The van der Waals surface area contributed by atoms with E-state index in [1.807, 2.05) is 0 Å². The van der Waals surface area contributed by atoms with E-state index in [9.17, 15) is 0 Å². The van der Waals surface area contributed by atoms with Gasteiger partial charge in [0.05, 0.1) is 20.2 Å². The Morgan fingerprint density at radius 1 is 1.14 bits per heavy atom. The molecule has 1 aliphatic heterocycles. The second-order valence-corrected chi connectivity index (χ2v) is 13.5. The molecule has 0 radical (unpaired) electrons. The predicted molar refractivity (Wildman–Crippen MR) is 95.8 cm³/mol. The quantitative estimate of drug-likeness (QED) is 0.414. The van der Waals surface area contributed by atoms with Gasteiger partial charge in [0, 0.05) is 26.7 Å². The minimum Gasteiger partial charge on any atom is -0.376 e. The topological polar surface area (TPSA) is 9.23 Å². The van der Waals surface area contributed by atoms with Gasteiger partial charge in [0.1, 0.15) is 12.2 Å². The van der Waals surface area contributed by atoms with Gasteiger partial charge in [0.15, 0.2) is 0 Å². The highest BCUT2D eigenvalue weighted by Crippen LogP contribution is 2.31. The van der Waals surface area contributed by atoms with Crippen LogP contribution in [0.4, 0.5) is 5.69 Å². The van der Waals surface area contributed by atoms with Crippen LogP contribution in [0.15, 0.2) is 24.3 Å². The first kappa shape index (κ1) is 16.7. The molecule has 0 bridgehead atoms. The molecule has 0 spiro atoms. The van der Waals surface area contributed by atoms with Crippen molar-refractivity contribution in [1.29, 1.82) is 0 Å².